The second-order valence-corrected chi connectivity index (χ2v) is 8.20. The third kappa shape index (κ3) is 2.79. The van der Waals surface area contributed by atoms with E-state index >= 15 is 0 Å². The Morgan fingerprint density at radius 3 is 2.05 bits per heavy atom. The van der Waals surface area contributed by atoms with Gasteiger partial charge in [-0.2, -0.15) is 4.31 Å². The van der Waals surface area contributed by atoms with Crippen LogP contribution < -0.4 is 0 Å². The lowest BCUT2D eigenvalue weighted by molar-refractivity contribution is 0.300. The third-order valence-electron chi connectivity index (χ3n) is 4.11. The molecule has 1 aliphatic heterocycles. The van der Waals surface area contributed by atoms with Crippen molar-refractivity contribution < 1.29 is 8.42 Å². The molecule has 2 atom stereocenters. The summed E-state index contributed by atoms with van der Waals surface area (Å²) in [5.74, 6) is 0.257. The summed E-state index contributed by atoms with van der Waals surface area (Å²) >= 11 is 0. The van der Waals surface area contributed by atoms with Gasteiger partial charge in [0, 0.05) is 12.1 Å². The first kappa shape index (κ1) is 16.2. The molecule has 0 saturated carbocycles. The number of hydrogen-bond acceptors (Lipinski definition) is 2. The average molecular weight is 307 g/mol. The minimum atomic E-state index is -3.49. The van der Waals surface area contributed by atoms with E-state index in [0.29, 0.717) is 4.90 Å². The molecule has 0 radical (unpaired) electrons. The highest BCUT2D eigenvalue weighted by molar-refractivity contribution is 7.89. The summed E-state index contributed by atoms with van der Waals surface area (Å²) in [5.41, 5.74) is 2.75. The van der Waals surface area contributed by atoms with E-state index < -0.39 is 10.0 Å². The molecule has 1 aromatic rings. The van der Waals surface area contributed by atoms with Gasteiger partial charge in [0.25, 0.3) is 0 Å². The number of aryl methyl sites for hydroxylation is 3. The van der Waals surface area contributed by atoms with Gasteiger partial charge >= 0.3 is 0 Å². The van der Waals surface area contributed by atoms with Gasteiger partial charge in [0.1, 0.15) is 0 Å². The van der Waals surface area contributed by atoms with Gasteiger partial charge in [0.2, 0.25) is 10.0 Å². The Bertz CT molecular complexity index is 651. The summed E-state index contributed by atoms with van der Waals surface area (Å²) in [7, 11) is -3.49. The monoisotopic (exact) mass is 307 g/mol. The molecule has 0 bridgehead atoms. The molecule has 1 aromatic carbocycles. The lowest BCUT2D eigenvalue weighted by Gasteiger charge is -2.31. The van der Waals surface area contributed by atoms with Gasteiger partial charge in [-0.3, -0.25) is 0 Å². The molecule has 0 amide bonds. The van der Waals surface area contributed by atoms with Crippen LogP contribution in [0.2, 0.25) is 0 Å². The minimum Gasteiger partial charge on any atom is -0.207 e. The normalized spacial score (nSPS) is 23.2. The number of sulfonamides is 1. The van der Waals surface area contributed by atoms with E-state index in [1.807, 2.05) is 52.0 Å². The van der Waals surface area contributed by atoms with Crippen LogP contribution >= 0.6 is 0 Å². The standard InChI is InChI=1S/C17H25NO2S/c1-11(2)16-8-7-15(6)18(16)21(19,20)17-13(4)9-12(3)10-14(17)5/h7-11,15-16H,1-6H3/t15-,16+/m1/s1. The van der Waals surface area contributed by atoms with Crippen LogP contribution in [-0.2, 0) is 10.0 Å². The van der Waals surface area contributed by atoms with Crippen molar-refractivity contribution in [2.24, 2.45) is 5.92 Å². The van der Waals surface area contributed by atoms with E-state index in [9.17, 15) is 8.42 Å². The lowest BCUT2D eigenvalue weighted by atomic mass is 10.1. The molecule has 3 nitrogen and oxygen atoms in total. The highest BCUT2D eigenvalue weighted by Crippen LogP contribution is 2.33. The van der Waals surface area contributed by atoms with Crippen LogP contribution in [0, 0.1) is 26.7 Å². The van der Waals surface area contributed by atoms with Crippen molar-refractivity contribution in [3.8, 4) is 0 Å². The Morgan fingerprint density at radius 1 is 1.05 bits per heavy atom. The average Bonchev–Trinajstić information content (AvgIpc) is 2.69. The number of rotatable bonds is 3. The zero-order chi connectivity index (χ0) is 15.9. The molecule has 0 unspecified atom stereocenters. The van der Waals surface area contributed by atoms with E-state index in [4.69, 9.17) is 0 Å². The van der Waals surface area contributed by atoms with Crippen LogP contribution in [0.1, 0.15) is 37.5 Å². The van der Waals surface area contributed by atoms with Gasteiger partial charge in [-0.1, -0.05) is 43.7 Å². The van der Waals surface area contributed by atoms with Crippen LogP contribution in [0.4, 0.5) is 0 Å². The summed E-state index contributed by atoms with van der Waals surface area (Å²) in [5, 5.41) is 0. The topological polar surface area (TPSA) is 37.4 Å². The summed E-state index contributed by atoms with van der Waals surface area (Å²) < 4.78 is 28.1. The van der Waals surface area contributed by atoms with Crippen LogP contribution in [0.15, 0.2) is 29.2 Å². The Kier molecular flexibility index (Phi) is 4.31. The lowest BCUT2D eigenvalue weighted by Crippen LogP contribution is -2.43. The predicted molar refractivity (Wildman–Crippen MR) is 86.9 cm³/mol. The minimum absolute atomic E-state index is 0.0647. The number of benzene rings is 1. The zero-order valence-electron chi connectivity index (χ0n) is 13.7. The van der Waals surface area contributed by atoms with Gasteiger partial charge < -0.3 is 0 Å². The van der Waals surface area contributed by atoms with Crippen LogP contribution in [-0.4, -0.2) is 24.8 Å². The predicted octanol–water partition coefficient (Wildman–Crippen LogP) is 3.59. The molecule has 0 aromatic heterocycles. The highest BCUT2D eigenvalue weighted by Gasteiger charge is 2.39. The van der Waals surface area contributed by atoms with Gasteiger partial charge in [-0.05, 0) is 44.7 Å². The fourth-order valence-electron chi connectivity index (χ4n) is 3.29. The van der Waals surface area contributed by atoms with E-state index in [1.54, 1.807) is 4.31 Å². The largest absolute Gasteiger partial charge is 0.244 e. The van der Waals surface area contributed by atoms with Gasteiger partial charge in [0.05, 0.1) is 4.90 Å². The van der Waals surface area contributed by atoms with Gasteiger partial charge in [0.15, 0.2) is 0 Å². The molecule has 1 aliphatic rings. The Labute approximate surface area is 128 Å². The van der Waals surface area contributed by atoms with E-state index in [-0.39, 0.29) is 18.0 Å². The molecule has 4 heteroatoms. The van der Waals surface area contributed by atoms with E-state index in [2.05, 4.69) is 13.8 Å². The molecular formula is C17H25NO2S. The summed E-state index contributed by atoms with van der Waals surface area (Å²) in [6.45, 7) is 11.8. The van der Waals surface area contributed by atoms with E-state index in [1.165, 1.54) is 0 Å². The highest BCUT2D eigenvalue weighted by atomic mass is 32.2. The van der Waals surface area contributed by atoms with Crippen molar-refractivity contribution >= 4 is 10.0 Å². The maximum atomic E-state index is 13.2. The molecule has 116 valence electrons. The molecular weight excluding hydrogens is 282 g/mol. The Morgan fingerprint density at radius 2 is 1.57 bits per heavy atom. The SMILES string of the molecule is Cc1cc(C)c(S(=O)(=O)N2[C@H](C)C=C[C@H]2C(C)C)c(C)c1. The van der Waals surface area contributed by atoms with Crippen LogP contribution in [0.3, 0.4) is 0 Å². The second-order valence-electron chi connectivity index (χ2n) is 6.42. The molecule has 0 fully saturated rings. The van der Waals surface area contributed by atoms with Gasteiger partial charge in [-0.15, -0.1) is 0 Å². The molecule has 0 saturated heterocycles. The molecule has 0 N–H and O–H groups in total. The first-order valence-electron chi connectivity index (χ1n) is 7.46. The third-order valence-corrected chi connectivity index (χ3v) is 6.40. The molecule has 2 rings (SSSR count). The maximum Gasteiger partial charge on any atom is 0.244 e. The molecule has 1 heterocycles. The molecule has 0 aliphatic carbocycles. The van der Waals surface area contributed by atoms with Crippen LogP contribution in [0.5, 0.6) is 0 Å². The van der Waals surface area contributed by atoms with E-state index in [0.717, 1.165) is 16.7 Å². The summed E-state index contributed by atoms with van der Waals surface area (Å²) in [4.78, 5) is 0.467. The number of hydrogen-bond donors (Lipinski definition) is 0. The van der Waals surface area contributed by atoms with Gasteiger partial charge in [-0.25, -0.2) is 8.42 Å². The second kappa shape index (κ2) is 5.58. The first-order chi connectivity index (χ1) is 9.66. The van der Waals surface area contributed by atoms with Crippen molar-refractivity contribution in [1.29, 1.82) is 0 Å². The summed E-state index contributed by atoms with van der Waals surface area (Å²) in [6.07, 6.45) is 4.01. The zero-order valence-corrected chi connectivity index (χ0v) is 14.5. The van der Waals surface area contributed by atoms with Crippen molar-refractivity contribution in [1.82, 2.24) is 4.31 Å². The Hall–Kier alpha value is -1.13. The maximum absolute atomic E-state index is 13.2. The summed E-state index contributed by atoms with van der Waals surface area (Å²) in [6, 6.07) is 3.73. The van der Waals surface area contributed by atoms with Crippen molar-refractivity contribution in [2.45, 2.75) is 58.5 Å². The first-order valence-corrected chi connectivity index (χ1v) is 8.90. The molecule has 21 heavy (non-hydrogen) atoms. The van der Waals surface area contributed by atoms with Crippen molar-refractivity contribution in [3.63, 3.8) is 0 Å². The van der Waals surface area contributed by atoms with Crippen LogP contribution in [0.25, 0.3) is 0 Å². The fraction of sp³-hybridized carbons (Fsp3) is 0.529. The van der Waals surface area contributed by atoms with Crippen molar-refractivity contribution in [3.05, 3.63) is 41.0 Å². The fourth-order valence-corrected chi connectivity index (χ4v) is 5.57. The smallest absolute Gasteiger partial charge is 0.207 e. The Balaban J connectivity index is 2.58. The number of nitrogens with zero attached hydrogens (tertiary/aromatic N) is 1. The van der Waals surface area contributed by atoms with Crippen molar-refractivity contribution in [2.75, 3.05) is 0 Å². The quantitative estimate of drug-likeness (QED) is 0.800. The molecule has 0 spiro atoms.